The quantitative estimate of drug-likeness (QED) is 0.0239. The Bertz CT molecular complexity index is 3030. The predicted molar refractivity (Wildman–Crippen MR) is 382 cm³/mol. The van der Waals surface area contributed by atoms with Crippen LogP contribution in [0.25, 0.3) is 0 Å². The predicted octanol–water partition coefficient (Wildman–Crippen LogP) is 8.63. The van der Waals surface area contributed by atoms with Crippen LogP contribution >= 0.6 is 0 Å². The van der Waals surface area contributed by atoms with Crippen molar-refractivity contribution in [3.05, 3.63) is 173 Å². The van der Waals surface area contributed by atoms with E-state index in [1.54, 1.807) is 27.7 Å². The molecule has 0 saturated heterocycles. The Morgan fingerprint density at radius 1 is 0.264 bits per heavy atom. The Hall–Kier alpha value is -11.1. The zero-order valence-electron chi connectivity index (χ0n) is 62.4. The van der Waals surface area contributed by atoms with E-state index in [9.17, 15) is 67.1 Å². The van der Waals surface area contributed by atoms with E-state index in [2.05, 4.69) is 102 Å². The minimum absolute atomic E-state index is 0.0325. The van der Waals surface area contributed by atoms with Crippen LogP contribution in [0.2, 0.25) is 0 Å². The molecule has 0 aromatic heterocycles. The maximum absolute atomic E-state index is 12.6. The molecule has 582 valence electrons. The van der Waals surface area contributed by atoms with Gasteiger partial charge >= 0.3 is 83.6 Å². The van der Waals surface area contributed by atoms with Gasteiger partial charge in [-0.15, -0.1) is 0 Å². The van der Waals surface area contributed by atoms with E-state index in [-0.39, 0.29) is 87.2 Å². The fourth-order valence-electron chi connectivity index (χ4n) is 9.85. The van der Waals surface area contributed by atoms with Gasteiger partial charge in [-0.2, -0.15) is 0 Å². The summed E-state index contributed by atoms with van der Waals surface area (Å²) in [4.78, 5) is 166. The lowest BCUT2D eigenvalue weighted by molar-refractivity contribution is -0.306. The molecule has 0 aliphatic heterocycles. The Kier molecular flexibility index (Phi) is 39.3. The molecule has 4 aliphatic carbocycles. The molecule has 0 N–H and O–H groups in total. The lowest BCUT2D eigenvalue weighted by atomic mass is 9.48. The summed E-state index contributed by atoms with van der Waals surface area (Å²) in [5.74, 6) is -9.40. The van der Waals surface area contributed by atoms with Crippen molar-refractivity contribution in [2.45, 2.75) is 130 Å². The molecule has 0 amide bonds. The van der Waals surface area contributed by atoms with E-state index in [1.165, 1.54) is 27.7 Å². The highest BCUT2D eigenvalue weighted by molar-refractivity contribution is 5.91. The highest BCUT2D eigenvalue weighted by atomic mass is 16.6. The molecular weight excluding hydrogens is 1390 g/mol. The lowest BCUT2D eigenvalue weighted by Gasteiger charge is -2.66. The third-order valence-electron chi connectivity index (χ3n) is 14.6. The molecule has 0 radical (unpaired) electrons. The van der Waals surface area contributed by atoms with Crippen molar-refractivity contribution in [3.63, 3.8) is 0 Å². The van der Waals surface area contributed by atoms with Crippen molar-refractivity contribution in [2.24, 2.45) is 16.2 Å². The summed E-state index contributed by atoms with van der Waals surface area (Å²) in [6, 6.07) is 0. The Labute approximate surface area is 618 Å². The number of rotatable bonds is 41. The Morgan fingerprint density at radius 3 is 0.594 bits per heavy atom. The van der Waals surface area contributed by atoms with Gasteiger partial charge in [-0.3, -0.25) is 0 Å². The first-order valence-electron chi connectivity index (χ1n) is 32.3. The number of carbonyl (C=O) groups excluding carboxylic acids is 14. The first-order chi connectivity index (χ1) is 49.1. The average molecular weight is 1490 g/mol. The highest BCUT2D eigenvalue weighted by Crippen LogP contribution is 2.66. The molecule has 4 fully saturated rings. The van der Waals surface area contributed by atoms with Gasteiger partial charge in [0.1, 0.15) is 75.3 Å². The fraction of sp³-hybridized carbons (Fsp3) is 0.455. The van der Waals surface area contributed by atoms with E-state index in [4.69, 9.17) is 61.6 Å². The molecule has 4 aliphatic rings. The van der Waals surface area contributed by atoms with Crippen molar-refractivity contribution in [1.82, 2.24) is 0 Å². The summed E-state index contributed by atoms with van der Waals surface area (Å²) in [6.45, 7) is 60.9. The maximum atomic E-state index is 12.6. The largest absolute Gasteiger partial charge is 0.462 e. The highest BCUT2D eigenvalue weighted by Gasteiger charge is 2.74. The third-order valence-corrected chi connectivity index (χ3v) is 14.6. The SMILES string of the molecule is C=C(C)C(=O)OC12CC3(OC(=O)C(=C)C)CC(OC(=O)C(=C)C)(C1)CC(OC(=O)C(=C)C)(C2)C3.C=C(C)C(=O)OCC(C)(C)COC(=O)C(=C)C.C=C(C)C(=O)OCCOC(=O)C(=C)C.C=CC(=O)OCC(COCC(COC(=O)C=C)(COC(=O)C=C)COC(=O)C=C)(COC(=O)C=C)COC(=O)C=C. The van der Waals surface area contributed by atoms with Gasteiger partial charge in [0.25, 0.3) is 0 Å². The van der Waals surface area contributed by atoms with Gasteiger partial charge in [-0.1, -0.05) is 106 Å². The number of hydrogen-bond acceptors (Lipinski definition) is 29. The summed E-state index contributed by atoms with van der Waals surface area (Å²) in [6.07, 6.45) is 6.30. The minimum Gasteiger partial charge on any atom is -0.462 e. The van der Waals surface area contributed by atoms with Gasteiger partial charge in [0, 0.05) is 125 Å². The molecule has 0 aromatic carbocycles. The standard InChI is InChI=1S/C28H34O13.C26H32O8.C13H20O4.C10H14O4/c1-7-21(29)36-15-27(16-37-22(30)8-2,17-38-23(31)9-3)13-35-14-28(18-39-24(32)10-4,19-40-25(33)11-5)20-41-26(34)12-6;1-15(2)19(27)31-23-9-24(32-20(28)16(3)4)12-25(10-23,33-21(29)17(5)6)14-26(11-23,13-24)34-22(30)18(7)8;1-9(2)11(14)16-7-13(5,6)8-17-12(15)10(3)4;1-7(2)9(11)13-5-6-14-10(12)8(3)4/h7-12H,1-6,13-20H2;1,3,5,7,9-14H2,2,4,6,8H3;1,3,7-8H2,2,4-6H3;1,3,5-6H2,2,4H3. The second kappa shape index (κ2) is 43.9. The molecule has 0 atom stereocenters. The summed E-state index contributed by atoms with van der Waals surface area (Å²) >= 11 is 0. The molecule has 0 unspecified atom stereocenters. The smallest absolute Gasteiger partial charge is 0.333 e. The second-order valence-electron chi connectivity index (χ2n) is 26.5. The number of carbonyl (C=O) groups is 14. The van der Waals surface area contributed by atoms with Crippen molar-refractivity contribution in [1.29, 1.82) is 0 Å². The molecule has 4 saturated carbocycles. The number of ether oxygens (including phenoxy) is 15. The summed E-state index contributed by atoms with van der Waals surface area (Å²) < 4.78 is 79.8. The maximum Gasteiger partial charge on any atom is 0.333 e. The van der Waals surface area contributed by atoms with Gasteiger partial charge in [-0.05, 0) is 55.4 Å². The van der Waals surface area contributed by atoms with Gasteiger partial charge in [-0.25, -0.2) is 67.1 Å². The van der Waals surface area contributed by atoms with E-state index in [0.29, 0.717) is 22.3 Å². The molecule has 29 nitrogen and oxygen atoms in total. The van der Waals surface area contributed by atoms with Gasteiger partial charge in [0.2, 0.25) is 0 Å². The van der Waals surface area contributed by atoms with Crippen LogP contribution in [0, 0.1) is 16.2 Å². The zero-order valence-corrected chi connectivity index (χ0v) is 62.4. The van der Waals surface area contributed by atoms with Crippen molar-refractivity contribution in [2.75, 3.05) is 79.3 Å². The molecule has 0 spiro atoms. The zero-order chi connectivity index (χ0) is 81.8. The molecule has 4 bridgehead atoms. The van der Waals surface area contributed by atoms with Crippen molar-refractivity contribution in [3.8, 4) is 0 Å². The van der Waals surface area contributed by atoms with E-state index in [0.717, 1.165) is 36.5 Å². The van der Waals surface area contributed by atoms with Crippen LogP contribution in [0.1, 0.15) is 108 Å². The van der Waals surface area contributed by atoms with Crippen LogP contribution in [-0.2, 0) is 138 Å². The Morgan fingerprint density at radius 2 is 0.434 bits per heavy atom. The van der Waals surface area contributed by atoms with Crippen LogP contribution in [-0.4, -0.2) is 185 Å². The molecule has 106 heavy (non-hydrogen) atoms. The van der Waals surface area contributed by atoms with Crippen LogP contribution < -0.4 is 0 Å². The molecular formula is C77H100O29. The van der Waals surface area contributed by atoms with Crippen molar-refractivity contribution >= 4 is 83.6 Å². The van der Waals surface area contributed by atoms with E-state index >= 15 is 0 Å². The monoisotopic (exact) mass is 1490 g/mol. The van der Waals surface area contributed by atoms with Crippen LogP contribution in [0.15, 0.2) is 173 Å². The van der Waals surface area contributed by atoms with Gasteiger partial charge in [0.05, 0.1) is 37.3 Å². The first-order valence-corrected chi connectivity index (χ1v) is 32.3. The summed E-state index contributed by atoms with van der Waals surface area (Å²) in [7, 11) is 0. The topological polar surface area (TPSA) is 377 Å². The summed E-state index contributed by atoms with van der Waals surface area (Å²) in [5, 5.41) is 0. The van der Waals surface area contributed by atoms with Crippen LogP contribution in [0.3, 0.4) is 0 Å². The third kappa shape index (κ3) is 34.0. The lowest BCUT2D eigenvalue weighted by Crippen LogP contribution is -2.75. The minimum atomic E-state index is -1.49. The molecule has 0 heterocycles. The van der Waals surface area contributed by atoms with Crippen LogP contribution in [0.4, 0.5) is 0 Å². The first kappa shape index (κ1) is 94.9. The average Bonchev–Trinajstić information content (AvgIpc) is 0.683. The van der Waals surface area contributed by atoms with Crippen LogP contribution in [0.5, 0.6) is 0 Å². The molecule has 29 heteroatoms. The van der Waals surface area contributed by atoms with Crippen molar-refractivity contribution < 1.29 is 138 Å². The van der Waals surface area contributed by atoms with Gasteiger partial charge < -0.3 is 71.1 Å². The van der Waals surface area contributed by atoms with E-state index in [1.807, 2.05) is 13.8 Å². The normalized spacial score (nSPS) is 17.5. The number of hydrogen-bond donors (Lipinski definition) is 0. The summed E-state index contributed by atoms with van der Waals surface area (Å²) in [5.41, 5.74) is -6.22. The van der Waals surface area contributed by atoms with E-state index < -0.39 is 175 Å². The Balaban J connectivity index is 0.00000151. The second-order valence-corrected chi connectivity index (χ2v) is 26.5. The number of esters is 14. The fourth-order valence-corrected chi connectivity index (χ4v) is 9.85. The van der Waals surface area contributed by atoms with Gasteiger partial charge in [0.15, 0.2) is 0 Å². The molecule has 0 aromatic rings. The molecule has 4 rings (SSSR count).